The van der Waals surface area contributed by atoms with Gasteiger partial charge in [-0.2, -0.15) is 4.31 Å². The maximum Gasteiger partial charge on any atom is 0.326 e. The van der Waals surface area contributed by atoms with Crippen LogP contribution >= 0.6 is 0 Å². The van der Waals surface area contributed by atoms with E-state index in [1.165, 1.54) is 9.21 Å². The Morgan fingerprint density at radius 3 is 2.39 bits per heavy atom. The second-order valence-corrected chi connectivity index (χ2v) is 11.0. The molecule has 1 atom stereocenters. The lowest BCUT2D eigenvalue weighted by Crippen LogP contribution is -2.53. The fourth-order valence-electron chi connectivity index (χ4n) is 5.11. The van der Waals surface area contributed by atoms with Crippen LogP contribution in [-0.4, -0.2) is 67.3 Å². The Labute approximate surface area is 194 Å². The number of amides is 3. The van der Waals surface area contributed by atoms with Crippen LogP contribution in [0.2, 0.25) is 0 Å². The first-order chi connectivity index (χ1) is 15.8. The Kier molecular flexibility index (Phi) is 5.50. The quantitative estimate of drug-likeness (QED) is 0.694. The van der Waals surface area contributed by atoms with Gasteiger partial charge < -0.3 is 5.32 Å². The summed E-state index contributed by atoms with van der Waals surface area (Å²) in [6.07, 6.45) is 2.33. The van der Waals surface area contributed by atoms with Gasteiger partial charge >= 0.3 is 6.03 Å². The zero-order chi connectivity index (χ0) is 23.2. The first-order valence-electron chi connectivity index (χ1n) is 11.3. The lowest BCUT2D eigenvalue weighted by molar-refractivity contribution is -0.133. The fourth-order valence-corrected chi connectivity index (χ4v) is 6.53. The third kappa shape index (κ3) is 3.74. The number of benzene rings is 2. The van der Waals surface area contributed by atoms with Gasteiger partial charge in [0.1, 0.15) is 5.54 Å². The normalized spacial score (nSPS) is 24.2. The van der Waals surface area contributed by atoms with Gasteiger partial charge in [-0.05, 0) is 49.4 Å². The van der Waals surface area contributed by atoms with Crippen LogP contribution in [-0.2, 0) is 26.8 Å². The van der Waals surface area contributed by atoms with E-state index >= 15 is 0 Å². The van der Waals surface area contributed by atoms with Gasteiger partial charge in [-0.1, -0.05) is 42.0 Å². The summed E-state index contributed by atoms with van der Waals surface area (Å²) in [6.45, 7) is 3.60. The van der Waals surface area contributed by atoms with Crippen molar-refractivity contribution in [3.63, 3.8) is 0 Å². The minimum Gasteiger partial charge on any atom is -0.319 e. The minimum absolute atomic E-state index is 0.160. The highest BCUT2D eigenvalue weighted by molar-refractivity contribution is 7.89. The van der Waals surface area contributed by atoms with Crippen LogP contribution in [0.5, 0.6) is 0 Å². The maximum absolute atomic E-state index is 13.5. The van der Waals surface area contributed by atoms with Gasteiger partial charge in [-0.15, -0.1) is 0 Å². The SMILES string of the molecule is Cc1ccc(S(=O)(=O)N2CCN(CN3C(=O)NC4(CCCc5ccccc54)C3=O)CC2)cc1. The molecule has 3 aliphatic rings. The summed E-state index contributed by atoms with van der Waals surface area (Å²) in [6, 6.07) is 14.3. The molecule has 2 aromatic rings. The predicted octanol–water partition coefficient (Wildman–Crippen LogP) is 2.04. The van der Waals surface area contributed by atoms with Crippen molar-refractivity contribution in [3.8, 4) is 0 Å². The molecule has 9 heteroatoms. The van der Waals surface area contributed by atoms with Crippen LogP contribution in [0.25, 0.3) is 0 Å². The summed E-state index contributed by atoms with van der Waals surface area (Å²) < 4.78 is 27.4. The van der Waals surface area contributed by atoms with E-state index in [0.717, 1.165) is 29.5 Å². The van der Waals surface area contributed by atoms with Crippen LogP contribution in [0.3, 0.4) is 0 Å². The van der Waals surface area contributed by atoms with Crippen LogP contribution < -0.4 is 5.32 Å². The molecular weight excluding hydrogens is 440 g/mol. The van der Waals surface area contributed by atoms with Crippen molar-refractivity contribution >= 4 is 22.0 Å². The largest absolute Gasteiger partial charge is 0.326 e. The van der Waals surface area contributed by atoms with Crippen molar-refractivity contribution in [2.45, 2.75) is 36.6 Å². The van der Waals surface area contributed by atoms with Crippen molar-refractivity contribution in [3.05, 3.63) is 65.2 Å². The Balaban J connectivity index is 1.27. The number of urea groups is 1. The summed E-state index contributed by atoms with van der Waals surface area (Å²) in [4.78, 5) is 29.8. The molecule has 1 unspecified atom stereocenters. The highest BCUT2D eigenvalue weighted by Gasteiger charge is 2.54. The number of carbonyl (C=O) groups is 2. The van der Waals surface area contributed by atoms with E-state index < -0.39 is 15.6 Å². The van der Waals surface area contributed by atoms with Crippen molar-refractivity contribution in [2.75, 3.05) is 32.8 Å². The molecule has 174 valence electrons. The van der Waals surface area contributed by atoms with Crippen LogP contribution in [0.4, 0.5) is 4.79 Å². The molecule has 2 aliphatic heterocycles. The number of hydrogen-bond donors (Lipinski definition) is 1. The van der Waals surface area contributed by atoms with E-state index in [2.05, 4.69) is 5.32 Å². The molecule has 0 saturated carbocycles. The lowest BCUT2D eigenvalue weighted by atomic mass is 9.76. The summed E-state index contributed by atoms with van der Waals surface area (Å²) in [5, 5.41) is 2.98. The van der Waals surface area contributed by atoms with Crippen molar-refractivity contribution in [1.29, 1.82) is 0 Å². The summed E-state index contributed by atoms with van der Waals surface area (Å²) >= 11 is 0. The Morgan fingerprint density at radius 1 is 0.970 bits per heavy atom. The van der Waals surface area contributed by atoms with Crippen molar-refractivity contribution < 1.29 is 18.0 Å². The number of carbonyl (C=O) groups excluding carboxylic acids is 2. The number of nitrogens with zero attached hydrogens (tertiary/aromatic N) is 3. The second-order valence-electron chi connectivity index (χ2n) is 9.06. The number of piperazine rings is 1. The highest BCUT2D eigenvalue weighted by atomic mass is 32.2. The molecule has 2 fully saturated rings. The number of nitrogens with one attached hydrogen (secondary N) is 1. The topological polar surface area (TPSA) is 90.0 Å². The zero-order valence-corrected chi connectivity index (χ0v) is 19.5. The third-order valence-electron chi connectivity index (χ3n) is 6.98. The third-order valence-corrected chi connectivity index (χ3v) is 8.90. The standard InChI is InChI=1S/C24H28N4O4S/c1-18-8-10-20(11-9-18)33(31,32)27-15-13-26(14-16-27)17-28-22(29)24(25-23(28)30)12-4-6-19-5-2-3-7-21(19)24/h2-3,5,7-11H,4,6,12-17H2,1H3,(H,25,30). The Hall–Kier alpha value is -2.75. The lowest BCUT2D eigenvalue weighted by Gasteiger charge is -2.36. The average Bonchev–Trinajstić information content (AvgIpc) is 3.05. The molecule has 8 nitrogen and oxygen atoms in total. The van der Waals surface area contributed by atoms with Gasteiger partial charge in [0.2, 0.25) is 10.0 Å². The van der Waals surface area contributed by atoms with Gasteiger partial charge in [0.25, 0.3) is 5.91 Å². The second kappa shape index (κ2) is 8.23. The van der Waals surface area contributed by atoms with Gasteiger partial charge in [-0.3, -0.25) is 9.69 Å². The molecule has 33 heavy (non-hydrogen) atoms. The van der Waals surface area contributed by atoms with E-state index in [-0.39, 0.29) is 23.5 Å². The average molecular weight is 469 g/mol. The molecule has 2 saturated heterocycles. The number of hydrogen-bond acceptors (Lipinski definition) is 5. The molecule has 3 amide bonds. The first kappa shape index (κ1) is 22.1. The number of aryl methyl sites for hydroxylation is 2. The smallest absolute Gasteiger partial charge is 0.319 e. The molecule has 0 radical (unpaired) electrons. The zero-order valence-electron chi connectivity index (χ0n) is 18.7. The molecule has 2 aromatic carbocycles. The van der Waals surface area contributed by atoms with Crippen LogP contribution in [0.15, 0.2) is 53.4 Å². The summed E-state index contributed by atoms with van der Waals surface area (Å²) in [5.74, 6) is -0.214. The molecule has 1 N–H and O–H groups in total. The van der Waals surface area contributed by atoms with Crippen LogP contribution in [0.1, 0.15) is 29.5 Å². The first-order valence-corrected chi connectivity index (χ1v) is 12.8. The van der Waals surface area contributed by atoms with Gasteiger partial charge in [0, 0.05) is 26.2 Å². The highest BCUT2D eigenvalue weighted by Crippen LogP contribution is 2.40. The van der Waals surface area contributed by atoms with Gasteiger partial charge in [-0.25, -0.2) is 18.1 Å². The van der Waals surface area contributed by atoms with E-state index in [1.54, 1.807) is 24.3 Å². The molecule has 1 spiro atoms. The number of rotatable bonds is 4. The molecule has 0 aromatic heterocycles. The number of sulfonamides is 1. The Morgan fingerprint density at radius 2 is 1.67 bits per heavy atom. The molecule has 5 rings (SSSR count). The minimum atomic E-state index is -3.56. The monoisotopic (exact) mass is 468 g/mol. The molecule has 0 bridgehead atoms. The fraction of sp³-hybridized carbons (Fsp3) is 0.417. The van der Waals surface area contributed by atoms with E-state index in [9.17, 15) is 18.0 Å². The molecular formula is C24H28N4O4S. The molecule has 2 heterocycles. The van der Waals surface area contributed by atoms with E-state index in [0.29, 0.717) is 32.6 Å². The van der Waals surface area contributed by atoms with Gasteiger partial charge in [0.05, 0.1) is 11.6 Å². The number of imide groups is 1. The van der Waals surface area contributed by atoms with Crippen LogP contribution in [0, 0.1) is 6.92 Å². The van der Waals surface area contributed by atoms with Gasteiger partial charge in [0.15, 0.2) is 0 Å². The maximum atomic E-state index is 13.5. The van der Waals surface area contributed by atoms with Crippen molar-refractivity contribution in [2.24, 2.45) is 0 Å². The molecule has 1 aliphatic carbocycles. The predicted molar refractivity (Wildman–Crippen MR) is 123 cm³/mol. The van der Waals surface area contributed by atoms with E-state index in [1.807, 2.05) is 36.1 Å². The van der Waals surface area contributed by atoms with E-state index in [4.69, 9.17) is 0 Å². The summed E-state index contributed by atoms with van der Waals surface area (Å²) in [7, 11) is -3.56. The van der Waals surface area contributed by atoms with Crippen molar-refractivity contribution in [1.82, 2.24) is 19.4 Å². The number of fused-ring (bicyclic) bond motifs is 2. The summed E-state index contributed by atoms with van der Waals surface area (Å²) in [5.41, 5.74) is 2.02. The Bertz CT molecular complexity index is 1190.